The van der Waals surface area contributed by atoms with Crippen LogP contribution in [0.5, 0.6) is 0 Å². The molecule has 0 N–H and O–H groups in total. The Hall–Kier alpha value is -1.96. The highest BCUT2D eigenvalue weighted by Crippen LogP contribution is 2.24. The van der Waals surface area contributed by atoms with Gasteiger partial charge in [0.25, 0.3) is 0 Å². The molecule has 3 rings (SSSR count). The van der Waals surface area contributed by atoms with Crippen molar-refractivity contribution in [2.24, 2.45) is 5.92 Å². The van der Waals surface area contributed by atoms with Crippen LogP contribution in [-0.4, -0.2) is 49.9 Å². The van der Waals surface area contributed by atoms with E-state index < -0.39 is 5.60 Å². The maximum atomic E-state index is 12.0. The number of amides is 1. The van der Waals surface area contributed by atoms with E-state index in [-0.39, 0.29) is 6.09 Å². The predicted octanol–water partition coefficient (Wildman–Crippen LogP) is 2.97. The number of benzene rings is 1. The second-order valence-electron chi connectivity index (χ2n) is 6.94. The van der Waals surface area contributed by atoms with Gasteiger partial charge in [-0.15, -0.1) is 5.10 Å². The van der Waals surface area contributed by atoms with Crippen LogP contribution in [0.3, 0.4) is 0 Å². The lowest BCUT2D eigenvalue weighted by Crippen LogP contribution is -2.52. The van der Waals surface area contributed by atoms with Gasteiger partial charge < -0.3 is 9.64 Å². The molecule has 2 aromatic rings. The molecule has 0 radical (unpaired) electrons. The van der Waals surface area contributed by atoms with E-state index in [4.69, 9.17) is 4.74 Å². The molecule has 1 aromatic heterocycles. The lowest BCUT2D eigenvalue weighted by atomic mass is 10.0. The normalized spacial score (nSPS) is 15.2. The average Bonchev–Trinajstić information content (AvgIpc) is 2.89. The minimum absolute atomic E-state index is 0.261. The Morgan fingerprint density at radius 1 is 1.29 bits per heavy atom. The summed E-state index contributed by atoms with van der Waals surface area (Å²) in [5.41, 5.74) is 0.499. The maximum Gasteiger partial charge on any atom is 0.410 e. The third-order valence-electron chi connectivity index (χ3n) is 3.67. The smallest absolute Gasteiger partial charge is 0.410 e. The summed E-state index contributed by atoms with van der Waals surface area (Å²) in [4.78, 5) is 13.7. The zero-order valence-corrected chi connectivity index (χ0v) is 15.5. The summed E-state index contributed by atoms with van der Waals surface area (Å²) in [6.45, 7) is 7.61. The quantitative estimate of drug-likeness (QED) is 0.801. The van der Waals surface area contributed by atoms with E-state index in [1.807, 2.05) is 45.0 Å². The molecule has 0 saturated carbocycles. The maximum absolute atomic E-state index is 12.0. The molecular weight excluding hydrogens is 374 g/mol. The molecule has 1 amide bonds. The molecule has 0 unspecified atom stereocenters. The Kier molecular flexibility index (Phi) is 4.58. The number of halogens is 1. The molecule has 24 heavy (non-hydrogen) atoms. The van der Waals surface area contributed by atoms with Crippen LogP contribution in [-0.2, 0) is 11.3 Å². The van der Waals surface area contributed by atoms with Gasteiger partial charge in [0.2, 0.25) is 0 Å². The SMILES string of the molecule is CC(C)(C)OC(=O)N1CC(Cn2nnnc2-c2ccc(Br)cc2)C1. The number of hydrogen-bond acceptors (Lipinski definition) is 5. The minimum Gasteiger partial charge on any atom is -0.444 e. The van der Waals surface area contributed by atoms with Crippen molar-refractivity contribution in [2.75, 3.05) is 13.1 Å². The molecule has 0 bridgehead atoms. The highest BCUT2D eigenvalue weighted by molar-refractivity contribution is 9.10. The zero-order valence-electron chi connectivity index (χ0n) is 13.9. The highest BCUT2D eigenvalue weighted by Gasteiger charge is 2.34. The molecule has 1 aromatic carbocycles. The lowest BCUT2D eigenvalue weighted by molar-refractivity contribution is -0.00382. The van der Waals surface area contributed by atoms with E-state index in [1.165, 1.54) is 0 Å². The molecule has 1 aliphatic rings. The number of rotatable bonds is 3. The zero-order chi connectivity index (χ0) is 17.3. The monoisotopic (exact) mass is 393 g/mol. The standard InChI is InChI=1S/C16H20BrN5O2/c1-16(2,3)24-15(23)21-8-11(9-21)10-22-14(18-19-20-22)12-4-6-13(17)7-5-12/h4-7,11H,8-10H2,1-3H3. The second-order valence-corrected chi connectivity index (χ2v) is 7.86. The van der Waals surface area contributed by atoms with Gasteiger partial charge in [-0.1, -0.05) is 28.1 Å². The molecule has 0 aliphatic carbocycles. The number of ether oxygens (including phenoxy) is 1. The Balaban J connectivity index is 1.59. The molecule has 2 heterocycles. The van der Waals surface area contributed by atoms with Gasteiger partial charge in [-0.3, -0.25) is 0 Å². The van der Waals surface area contributed by atoms with Gasteiger partial charge in [0.1, 0.15) is 5.60 Å². The number of carbonyl (C=O) groups excluding carboxylic acids is 1. The third-order valence-corrected chi connectivity index (χ3v) is 4.20. The summed E-state index contributed by atoms with van der Waals surface area (Å²) < 4.78 is 8.17. The summed E-state index contributed by atoms with van der Waals surface area (Å²) in [5, 5.41) is 12.0. The van der Waals surface area contributed by atoms with Crippen molar-refractivity contribution in [3.63, 3.8) is 0 Å². The highest BCUT2D eigenvalue weighted by atomic mass is 79.9. The Bertz CT molecular complexity index is 717. The lowest BCUT2D eigenvalue weighted by Gasteiger charge is -2.39. The van der Waals surface area contributed by atoms with Crippen LogP contribution in [0.1, 0.15) is 20.8 Å². The molecule has 8 heteroatoms. The summed E-state index contributed by atoms with van der Waals surface area (Å²) in [6.07, 6.45) is -0.261. The van der Waals surface area contributed by atoms with Crippen LogP contribution in [0.2, 0.25) is 0 Å². The molecule has 0 atom stereocenters. The Labute approximate surface area is 149 Å². The molecule has 0 spiro atoms. The van der Waals surface area contributed by atoms with E-state index in [9.17, 15) is 4.79 Å². The van der Waals surface area contributed by atoms with Crippen molar-refractivity contribution >= 4 is 22.0 Å². The van der Waals surface area contributed by atoms with Gasteiger partial charge in [0.05, 0.1) is 6.54 Å². The van der Waals surface area contributed by atoms with Gasteiger partial charge in [-0.05, 0) is 43.3 Å². The van der Waals surface area contributed by atoms with Gasteiger partial charge >= 0.3 is 6.09 Å². The molecule has 128 valence electrons. The first-order valence-corrected chi connectivity index (χ1v) is 8.61. The average molecular weight is 394 g/mol. The van der Waals surface area contributed by atoms with E-state index in [0.29, 0.717) is 25.6 Å². The van der Waals surface area contributed by atoms with Gasteiger partial charge in [0.15, 0.2) is 5.82 Å². The van der Waals surface area contributed by atoms with Crippen LogP contribution in [0, 0.1) is 5.92 Å². The fourth-order valence-corrected chi connectivity index (χ4v) is 2.80. The van der Waals surface area contributed by atoms with Crippen LogP contribution < -0.4 is 0 Å². The van der Waals surface area contributed by atoms with E-state index in [0.717, 1.165) is 15.9 Å². The first kappa shape index (κ1) is 16.9. The summed E-state index contributed by atoms with van der Waals surface area (Å²) in [7, 11) is 0. The van der Waals surface area contributed by atoms with Crippen LogP contribution >= 0.6 is 15.9 Å². The Morgan fingerprint density at radius 2 is 1.96 bits per heavy atom. The number of hydrogen-bond donors (Lipinski definition) is 0. The fraction of sp³-hybridized carbons (Fsp3) is 0.500. The van der Waals surface area contributed by atoms with Gasteiger partial charge in [0, 0.05) is 29.0 Å². The summed E-state index contributed by atoms with van der Waals surface area (Å²) in [6, 6.07) is 7.87. The first-order valence-electron chi connectivity index (χ1n) is 7.82. The summed E-state index contributed by atoms with van der Waals surface area (Å²) >= 11 is 3.42. The van der Waals surface area contributed by atoms with Crippen molar-refractivity contribution in [1.29, 1.82) is 0 Å². The largest absolute Gasteiger partial charge is 0.444 e. The van der Waals surface area contributed by atoms with Crippen molar-refractivity contribution in [3.05, 3.63) is 28.7 Å². The molecule has 7 nitrogen and oxygen atoms in total. The number of tetrazole rings is 1. The molecule has 1 fully saturated rings. The summed E-state index contributed by atoms with van der Waals surface area (Å²) in [5.74, 6) is 1.06. The first-order chi connectivity index (χ1) is 11.3. The van der Waals surface area contributed by atoms with Crippen molar-refractivity contribution in [2.45, 2.75) is 32.9 Å². The topological polar surface area (TPSA) is 73.1 Å². The van der Waals surface area contributed by atoms with E-state index >= 15 is 0 Å². The van der Waals surface area contributed by atoms with Crippen LogP contribution in [0.25, 0.3) is 11.4 Å². The fourth-order valence-electron chi connectivity index (χ4n) is 2.54. The van der Waals surface area contributed by atoms with Gasteiger partial charge in [-0.25, -0.2) is 9.48 Å². The second kappa shape index (κ2) is 6.51. The Morgan fingerprint density at radius 3 is 2.58 bits per heavy atom. The molecule has 1 saturated heterocycles. The number of aromatic nitrogens is 4. The minimum atomic E-state index is -0.466. The number of carbonyl (C=O) groups is 1. The predicted molar refractivity (Wildman–Crippen MR) is 92.3 cm³/mol. The number of nitrogens with zero attached hydrogens (tertiary/aromatic N) is 5. The van der Waals surface area contributed by atoms with Gasteiger partial charge in [-0.2, -0.15) is 0 Å². The molecular formula is C16H20BrN5O2. The third kappa shape index (κ3) is 3.92. The van der Waals surface area contributed by atoms with Crippen molar-refractivity contribution in [1.82, 2.24) is 25.1 Å². The van der Waals surface area contributed by atoms with Crippen LogP contribution in [0.4, 0.5) is 4.79 Å². The van der Waals surface area contributed by atoms with Crippen molar-refractivity contribution < 1.29 is 9.53 Å². The molecule has 1 aliphatic heterocycles. The van der Waals surface area contributed by atoms with E-state index in [1.54, 1.807) is 9.58 Å². The van der Waals surface area contributed by atoms with Crippen LogP contribution in [0.15, 0.2) is 28.7 Å². The number of likely N-dealkylation sites (tertiary alicyclic amines) is 1. The van der Waals surface area contributed by atoms with Crippen molar-refractivity contribution in [3.8, 4) is 11.4 Å². The van der Waals surface area contributed by atoms with E-state index in [2.05, 4.69) is 31.5 Å².